The van der Waals surface area contributed by atoms with E-state index in [-0.39, 0.29) is 5.41 Å². The number of aromatic nitrogens is 2. The maximum Gasteiger partial charge on any atom is 0.134 e. The lowest BCUT2D eigenvalue weighted by atomic mass is 9.92. The summed E-state index contributed by atoms with van der Waals surface area (Å²) in [4.78, 5) is 8.95. The van der Waals surface area contributed by atoms with Crippen molar-refractivity contribution in [1.29, 1.82) is 0 Å². The van der Waals surface area contributed by atoms with Crippen LogP contribution >= 0.6 is 0 Å². The summed E-state index contributed by atoms with van der Waals surface area (Å²) in [7, 11) is 0. The van der Waals surface area contributed by atoms with Gasteiger partial charge in [0, 0.05) is 17.4 Å². The molecule has 2 atom stereocenters. The van der Waals surface area contributed by atoms with Gasteiger partial charge in [0.05, 0.1) is 5.69 Å². The summed E-state index contributed by atoms with van der Waals surface area (Å²) in [6.45, 7) is 8.67. The normalized spacial score (nSPS) is 25.3. The molecule has 1 aromatic heterocycles. The predicted molar refractivity (Wildman–Crippen MR) is 61.7 cm³/mol. The Morgan fingerprint density at radius 1 is 1.33 bits per heavy atom. The SMILES string of the molecule is CC1CC1c1nc(N)cc(C(C)(C)C)n1. The van der Waals surface area contributed by atoms with Crippen LogP contribution < -0.4 is 5.73 Å². The smallest absolute Gasteiger partial charge is 0.134 e. The van der Waals surface area contributed by atoms with Crippen LogP contribution in [0.4, 0.5) is 5.82 Å². The van der Waals surface area contributed by atoms with Gasteiger partial charge in [-0.05, 0) is 12.3 Å². The highest BCUT2D eigenvalue weighted by Gasteiger charge is 2.37. The van der Waals surface area contributed by atoms with Crippen molar-refractivity contribution in [3.63, 3.8) is 0 Å². The fraction of sp³-hybridized carbons (Fsp3) is 0.667. The number of rotatable bonds is 1. The van der Waals surface area contributed by atoms with Gasteiger partial charge in [-0.2, -0.15) is 0 Å². The third kappa shape index (κ3) is 2.11. The van der Waals surface area contributed by atoms with Gasteiger partial charge < -0.3 is 5.73 Å². The summed E-state index contributed by atoms with van der Waals surface area (Å²) in [6.07, 6.45) is 1.20. The van der Waals surface area contributed by atoms with Crippen LogP contribution in [0.3, 0.4) is 0 Å². The Morgan fingerprint density at radius 3 is 2.40 bits per heavy atom. The second kappa shape index (κ2) is 3.19. The predicted octanol–water partition coefficient (Wildman–Crippen LogP) is 2.48. The van der Waals surface area contributed by atoms with Crippen LogP contribution in [0.1, 0.15) is 51.6 Å². The molecule has 1 aliphatic rings. The van der Waals surface area contributed by atoms with Crippen LogP contribution in [0.5, 0.6) is 0 Å². The van der Waals surface area contributed by atoms with Crippen molar-refractivity contribution in [3.05, 3.63) is 17.6 Å². The molecule has 0 spiro atoms. The minimum absolute atomic E-state index is 0.0456. The number of hydrogen-bond acceptors (Lipinski definition) is 3. The van der Waals surface area contributed by atoms with Crippen molar-refractivity contribution in [2.24, 2.45) is 5.92 Å². The lowest BCUT2D eigenvalue weighted by Gasteiger charge is -2.18. The van der Waals surface area contributed by atoms with E-state index in [4.69, 9.17) is 5.73 Å². The topological polar surface area (TPSA) is 51.8 Å². The zero-order chi connectivity index (χ0) is 11.2. The van der Waals surface area contributed by atoms with E-state index in [1.54, 1.807) is 0 Å². The summed E-state index contributed by atoms with van der Waals surface area (Å²) in [5.41, 5.74) is 6.91. The molecule has 1 aliphatic carbocycles. The van der Waals surface area contributed by atoms with Crippen molar-refractivity contribution >= 4 is 5.82 Å². The molecular weight excluding hydrogens is 186 g/mol. The van der Waals surface area contributed by atoms with Crippen LogP contribution in [0.25, 0.3) is 0 Å². The Kier molecular flexibility index (Phi) is 2.21. The average molecular weight is 205 g/mol. The summed E-state index contributed by atoms with van der Waals surface area (Å²) < 4.78 is 0. The Morgan fingerprint density at radius 2 is 1.93 bits per heavy atom. The fourth-order valence-electron chi connectivity index (χ4n) is 1.72. The molecule has 82 valence electrons. The van der Waals surface area contributed by atoms with Gasteiger partial charge in [-0.1, -0.05) is 27.7 Å². The van der Waals surface area contributed by atoms with E-state index in [0.717, 1.165) is 17.4 Å². The van der Waals surface area contributed by atoms with Crippen molar-refractivity contribution in [2.45, 2.75) is 45.4 Å². The van der Waals surface area contributed by atoms with Crippen LogP contribution in [0.2, 0.25) is 0 Å². The van der Waals surface area contributed by atoms with E-state index >= 15 is 0 Å². The van der Waals surface area contributed by atoms with Crippen molar-refractivity contribution in [1.82, 2.24) is 9.97 Å². The molecule has 1 aromatic rings. The molecule has 1 saturated carbocycles. The van der Waals surface area contributed by atoms with Crippen molar-refractivity contribution < 1.29 is 0 Å². The van der Waals surface area contributed by atoms with Gasteiger partial charge in [0.1, 0.15) is 11.6 Å². The maximum atomic E-state index is 5.82. The summed E-state index contributed by atoms with van der Waals surface area (Å²) in [5.74, 6) is 2.80. The third-order valence-electron chi connectivity index (χ3n) is 2.97. The summed E-state index contributed by atoms with van der Waals surface area (Å²) in [5, 5.41) is 0. The minimum atomic E-state index is 0.0456. The zero-order valence-electron chi connectivity index (χ0n) is 9.91. The number of anilines is 1. The first-order valence-corrected chi connectivity index (χ1v) is 5.53. The van der Waals surface area contributed by atoms with E-state index in [9.17, 15) is 0 Å². The van der Waals surface area contributed by atoms with Gasteiger partial charge in [-0.15, -0.1) is 0 Å². The minimum Gasteiger partial charge on any atom is -0.384 e. The fourth-order valence-corrected chi connectivity index (χ4v) is 1.72. The molecule has 15 heavy (non-hydrogen) atoms. The molecule has 0 amide bonds. The summed E-state index contributed by atoms with van der Waals surface area (Å²) >= 11 is 0. The van der Waals surface area contributed by atoms with Crippen LogP contribution in [0.15, 0.2) is 6.07 Å². The van der Waals surface area contributed by atoms with Gasteiger partial charge in [0.15, 0.2) is 0 Å². The van der Waals surface area contributed by atoms with Crippen LogP contribution in [-0.4, -0.2) is 9.97 Å². The standard InChI is InChI=1S/C12H19N3/c1-7-5-8(7)11-14-9(12(2,3)4)6-10(13)15-11/h6-8H,5H2,1-4H3,(H2,13,14,15). The number of hydrogen-bond donors (Lipinski definition) is 1. The average Bonchev–Trinajstić information content (AvgIpc) is 2.80. The first-order valence-electron chi connectivity index (χ1n) is 5.53. The van der Waals surface area contributed by atoms with Gasteiger partial charge in [-0.3, -0.25) is 0 Å². The molecule has 2 N–H and O–H groups in total. The van der Waals surface area contributed by atoms with E-state index < -0.39 is 0 Å². The molecule has 2 rings (SSSR count). The largest absolute Gasteiger partial charge is 0.384 e. The lowest BCUT2D eigenvalue weighted by molar-refractivity contribution is 0.562. The van der Waals surface area contributed by atoms with Crippen LogP contribution in [-0.2, 0) is 5.41 Å². The molecule has 2 unspecified atom stereocenters. The number of nitrogens with two attached hydrogens (primary N) is 1. The van der Waals surface area contributed by atoms with Crippen LogP contribution in [0, 0.1) is 5.92 Å². The highest BCUT2D eigenvalue weighted by atomic mass is 15.0. The molecule has 0 saturated heterocycles. The summed E-state index contributed by atoms with van der Waals surface area (Å²) in [6, 6.07) is 1.89. The molecule has 3 nitrogen and oxygen atoms in total. The van der Waals surface area contributed by atoms with E-state index in [1.807, 2.05) is 6.07 Å². The van der Waals surface area contributed by atoms with E-state index in [1.165, 1.54) is 6.42 Å². The maximum absolute atomic E-state index is 5.82. The highest BCUT2D eigenvalue weighted by molar-refractivity contribution is 5.34. The van der Waals surface area contributed by atoms with E-state index in [2.05, 4.69) is 37.7 Å². The Balaban J connectivity index is 2.37. The molecule has 0 aromatic carbocycles. The van der Waals surface area contributed by atoms with Gasteiger partial charge in [0.25, 0.3) is 0 Å². The number of nitrogens with zero attached hydrogens (tertiary/aromatic N) is 2. The van der Waals surface area contributed by atoms with E-state index in [0.29, 0.717) is 11.7 Å². The van der Waals surface area contributed by atoms with Crippen molar-refractivity contribution in [3.8, 4) is 0 Å². The zero-order valence-corrected chi connectivity index (χ0v) is 9.91. The second-order valence-corrected chi connectivity index (χ2v) is 5.61. The molecule has 1 heterocycles. The molecule has 0 bridgehead atoms. The Bertz CT molecular complexity index is 379. The molecule has 3 heteroatoms. The third-order valence-corrected chi connectivity index (χ3v) is 2.97. The van der Waals surface area contributed by atoms with Crippen molar-refractivity contribution in [2.75, 3.05) is 5.73 Å². The molecular formula is C12H19N3. The quantitative estimate of drug-likeness (QED) is 0.766. The molecule has 0 radical (unpaired) electrons. The molecule has 0 aliphatic heterocycles. The Labute approximate surface area is 91.1 Å². The lowest BCUT2D eigenvalue weighted by Crippen LogP contribution is -2.16. The Hall–Kier alpha value is -1.12. The number of nitrogen functional groups attached to an aromatic ring is 1. The molecule has 1 fully saturated rings. The monoisotopic (exact) mass is 205 g/mol. The first-order chi connectivity index (χ1) is 6.88. The van der Waals surface area contributed by atoms with Gasteiger partial charge >= 0.3 is 0 Å². The highest BCUT2D eigenvalue weighted by Crippen LogP contribution is 2.45. The van der Waals surface area contributed by atoms with Gasteiger partial charge in [0.2, 0.25) is 0 Å². The first kappa shape index (κ1) is 10.4. The van der Waals surface area contributed by atoms with Gasteiger partial charge in [-0.25, -0.2) is 9.97 Å². The second-order valence-electron chi connectivity index (χ2n) is 5.61.